The Morgan fingerprint density at radius 2 is 1.12 bits per heavy atom. The van der Waals surface area contributed by atoms with Gasteiger partial charge < -0.3 is 0 Å². The Hall–Kier alpha value is -4.31. The van der Waals surface area contributed by atoms with Gasteiger partial charge in [0.15, 0.2) is 0 Å². The maximum Gasteiger partial charge on any atom is 0.115 e. The van der Waals surface area contributed by atoms with Crippen molar-refractivity contribution < 1.29 is 0 Å². The molecule has 0 unspecified atom stereocenters. The summed E-state index contributed by atoms with van der Waals surface area (Å²) in [4.78, 5) is 12.5. The van der Waals surface area contributed by atoms with Crippen LogP contribution in [-0.4, -0.2) is 15.0 Å². The maximum atomic E-state index is 5.46. The van der Waals surface area contributed by atoms with Crippen LogP contribution in [0.5, 0.6) is 0 Å². The molecule has 3 aromatic rings. The Balaban J connectivity index is 1.90. The zero-order valence-electron chi connectivity index (χ0n) is 13.7. The summed E-state index contributed by atoms with van der Waals surface area (Å²) in [5.41, 5.74) is 3.94. The average molecular weight is 329 g/mol. The van der Waals surface area contributed by atoms with Gasteiger partial charge in [-0.1, -0.05) is 29.7 Å². The molecule has 0 fully saturated rings. The van der Waals surface area contributed by atoms with Crippen LogP contribution in [0.4, 0.5) is 0 Å². The minimum atomic E-state index is 0.590. The van der Waals surface area contributed by atoms with Gasteiger partial charge in [0.05, 0.1) is 11.1 Å². The zero-order chi connectivity index (χ0) is 18.2. The molecule has 0 saturated heterocycles. The van der Waals surface area contributed by atoms with E-state index in [1.165, 1.54) is 0 Å². The van der Waals surface area contributed by atoms with E-state index in [9.17, 15) is 0 Å². The highest BCUT2D eigenvalue weighted by Crippen LogP contribution is 2.05. The van der Waals surface area contributed by atoms with Crippen LogP contribution >= 0.6 is 0 Å². The molecule has 0 aliphatic rings. The predicted octanol–water partition coefficient (Wildman–Crippen LogP) is 2.63. The first-order valence-electron chi connectivity index (χ1n) is 7.62. The van der Waals surface area contributed by atoms with E-state index in [1.54, 1.807) is 49.1 Å². The molecule has 0 saturated carbocycles. The van der Waals surface area contributed by atoms with Crippen molar-refractivity contribution in [3.05, 3.63) is 88.8 Å². The summed E-state index contributed by atoms with van der Waals surface area (Å²) >= 11 is 0. The lowest BCUT2D eigenvalue weighted by molar-refractivity contribution is 1.25. The van der Waals surface area contributed by atoms with Crippen molar-refractivity contribution in [2.45, 2.75) is 0 Å². The number of hydrogen-bond acceptors (Lipinski definition) is 3. The first-order valence-corrected chi connectivity index (χ1v) is 7.62. The lowest BCUT2D eigenvalue weighted by Crippen LogP contribution is -1.89. The quantitative estimate of drug-likeness (QED) is 0.595. The molecule has 0 N–H and O–H groups in total. The first-order chi connectivity index (χ1) is 12.8. The molecule has 0 radical (unpaired) electrons. The molecule has 0 aromatic carbocycles. The van der Waals surface area contributed by atoms with E-state index < -0.39 is 0 Å². The number of nitrogens with zero attached hydrogens (tertiary/aromatic N) is 3. The van der Waals surface area contributed by atoms with Gasteiger partial charge in [-0.05, 0) is 36.1 Å². The van der Waals surface area contributed by atoms with Crippen molar-refractivity contribution in [1.29, 1.82) is 0 Å². The highest BCUT2D eigenvalue weighted by molar-refractivity contribution is 5.51. The topological polar surface area (TPSA) is 38.7 Å². The van der Waals surface area contributed by atoms with Crippen molar-refractivity contribution in [2.24, 2.45) is 0 Å². The molecule has 0 amide bonds. The Bertz CT molecular complexity index is 1080. The van der Waals surface area contributed by atoms with Crippen LogP contribution in [0.3, 0.4) is 0 Å². The second kappa shape index (κ2) is 7.99. The van der Waals surface area contributed by atoms with Gasteiger partial charge in [0, 0.05) is 35.9 Å². The summed E-state index contributed by atoms with van der Waals surface area (Å²) in [6, 6.07) is 8.95. The van der Waals surface area contributed by atoms with Gasteiger partial charge >= 0.3 is 0 Å². The molecule has 0 spiro atoms. The Morgan fingerprint density at radius 1 is 0.615 bits per heavy atom. The van der Waals surface area contributed by atoms with E-state index in [-0.39, 0.29) is 0 Å². The van der Waals surface area contributed by atoms with Gasteiger partial charge in [-0.2, -0.15) is 0 Å². The molecule has 3 aromatic heterocycles. The van der Waals surface area contributed by atoms with Crippen LogP contribution in [0, 0.1) is 48.4 Å². The third kappa shape index (κ3) is 3.96. The van der Waals surface area contributed by atoms with Gasteiger partial charge in [-0.15, -0.1) is 12.8 Å². The summed E-state index contributed by atoms with van der Waals surface area (Å²) in [7, 11) is 0. The van der Waals surface area contributed by atoms with Crippen LogP contribution in [0.1, 0.15) is 33.6 Å². The van der Waals surface area contributed by atoms with E-state index in [0.717, 1.165) is 0 Å². The van der Waals surface area contributed by atoms with Gasteiger partial charge in [0.1, 0.15) is 11.4 Å². The third-order valence-corrected chi connectivity index (χ3v) is 3.35. The third-order valence-electron chi connectivity index (χ3n) is 3.35. The highest BCUT2D eigenvalue weighted by Gasteiger charge is 1.97. The lowest BCUT2D eigenvalue weighted by atomic mass is 10.1. The van der Waals surface area contributed by atoms with E-state index in [1.807, 2.05) is 6.07 Å². The molecule has 3 rings (SSSR count). The van der Waals surface area contributed by atoms with Gasteiger partial charge in [0.25, 0.3) is 0 Å². The van der Waals surface area contributed by atoms with Crippen molar-refractivity contribution in [3.8, 4) is 48.4 Å². The smallest absolute Gasteiger partial charge is 0.115 e. The monoisotopic (exact) mass is 329 g/mol. The molecule has 0 aliphatic heterocycles. The molecule has 3 heteroatoms. The van der Waals surface area contributed by atoms with E-state index in [0.29, 0.717) is 33.6 Å². The summed E-state index contributed by atoms with van der Waals surface area (Å²) < 4.78 is 0. The van der Waals surface area contributed by atoms with Crippen molar-refractivity contribution in [2.75, 3.05) is 0 Å². The van der Waals surface area contributed by atoms with Gasteiger partial charge in [0.2, 0.25) is 0 Å². The van der Waals surface area contributed by atoms with E-state index in [4.69, 9.17) is 12.8 Å². The summed E-state index contributed by atoms with van der Waals surface area (Å²) in [6.45, 7) is 0. The zero-order valence-corrected chi connectivity index (χ0v) is 13.7. The van der Waals surface area contributed by atoms with Crippen molar-refractivity contribution >= 4 is 0 Å². The molecule has 0 bridgehead atoms. The first kappa shape index (κ1) is 16.5. The number of aromatic nitrogens is 3. The van der Waals surface area contributed by atoms with E-state index in [2.05, 4.69) is 50.5 Å². The van der Waals surface area contributed by atoms with Crippen LogP contribution < -0.4 is 0 Å². The summed E-state index contributed by atoms with van der Waals surface area (Å²) in [6.07, 6.45) is 17.5. The van der Waals surface area contributed by atoms with Gasteiger partial charge in [-0.3, -0.25) is 9.97 Å². The second-order valence-electron chi connectivity index (χ2n) is 5.04. The summed E-state index contributed by atoms with van der Waals surface area (Å²) in [5, 5.41) is 0. The lowest BCUT2D eigenvalue weighted by Gasteiger charge is -1.95. The average Bonchev–Trinajstić information content (AvgIpc) is 2.71. The SMILES string of the molecule is C#Cc1ccncc1C#Cc1cccc(C#Cc2cnccc2C#C)n1. The largest absolute Gasteiger partial charge is 0.263 e. The highest BCUT2D eigenvalue weighted by atomic mass is 14.7. The molecular formula is C23H11N3. The Kier molecular flexibility index (Phi) is 5.08. The minimum absolute atomic E-state index is 0.590. The van der Waals surface area contributed by atoms with Crippen LogP contribution in [0.25, 0.3) is 0 Å². The fraction of sp³-hybridized carbons (Fsp3) is 0. The predicted molar refractivity (Wildman–Crippen MR) is 101 cm³/mol. The molecule has 118 valence electrons. The Morgan fingerprint density at radius 3 is 1.58 bits per heavy atom. The number of rotatable bonds is 0. The number of pyridine rings is 3. The van der Waals surface area contributed by atoms with E-state index >= 15 is 0 Å². The summed E-state index contributed by atoms with van der Waals surface area (Å²) in [5.74, 6) is 17.1. The molecule has 0 atom stereocenters. The molecule has 3 nitrogen and oxygen atoms in total. The second-order valence-corrected chi connectivity index (χ2v) is 5.04. The minimum Gasteiger partial charge on any atom is -0.263 e. The molecule has 3 heterocycles. The molecule has 26 heavy (non-hydrogen) atoms. The number of hydrogen-bond donors (Lipinski definition) is 0. The standard InChI is InChI=1S/C23H11N3/c1-3-18-12-14-24-16-20(18)8-10-22-6-5-7-23(26-22)11-9-21-17-25-15-13-19(21)4-2/h1-2,5-7,12-17H. The van der Waals surface area contributed by atoms with Crippen LogP contribution in [-0.2, 0) is 0 Å². The molecular weight excluding hydrogens is 318 g/mol. The van der Waals surface area contributed by atoms with Crippen molar-refractivity contribution in [1.82, 2.24) is 15.0 Å². The van der Waals surface area contributed by atoms with Crippen LogP contribution in [0.2, 0.25) is 0 Å². The van der Waals surface area contributed by atoms with Crippen molar-refractivity contribution in [3.63, 3.8) is 0 Å². The number of terminal acetylenes is 2. The fourth-order valence-corrected chi connectivity index (χ4v) is 2.08. The maximum absolute atomic E-state index is 5.46. The molecule has 0 aliphatic carbocycles. The fourth-order valence-electron chi connectivity index (χ4n) is 2.08. The van der Waals surface area contributed by atoms with Crippen LogP contribution in [0.15, 0.2) is 55.1 Å². The van der Waals surface area contributed by atoms with Gasteiger partial charge in [-0.25, -0.2) is 4.98 Å². The Labute approximate surface area is 152 Å². The normalized spacial score (nSPS) is 8.85.